The first-order valence-electron chi connectivity index (χ1n) is 9.30. The number of anilines is 1. The molecule has 6 nitrogen and oxygen atoms in total. The van der Waals surface area contributed by atoms with Crippen molar-refractivity contribution in [3.05, 3.63) is 64.2 Å². The zero-order valence-corrected chi connectivity index (χ0v) is 17.5. The molecule has 2 rings (SSSR count). The van der Waals surface area contributed by atoms with Crippen LogP contribution in [0.4, 0.5) is 5.69 Å². The molecule has 2 aromatic rings. The van der Waals surface area contributed by atoms with Crippen LogP contribution in [0.1, 0.15) is 42.1 Å². The van der Waals surface area contributed by atoms with Crippen LogP contribution >= 0.6 is 11.6 Å². The molecule has 0 heterocycles. The van der Waals surface area contributed by atoms with Crippen molar-refractivity contribution in [1.29, 1.82) is 5.41 Å². The number of nitrogen functional groups attached to an aromatic ring is 1. The summed E-state index contributed by atoms with van der Waals surface area (Å²) < 4.78 is 10.9. The van der Waals surface area contributed by atoms with Gasteiger partial charge in [0.15, 0.2) is 6.04 Å². The van der Waals surface area contributed by atoms with E-state index in [2.05, 4.69) is 5.32 Å². The van der Waals surface area contributed by atoms with Crippen LogP contribution in [0.5, 0.6) is 5.75 Å². The third-order valence-corrected chi connectivity index (χ3v) is 4.53. The van der Waals surface area contributed by atoms with E-state index in [0.29, 0.717) is 29.2 Å². The fourth-order valence-corrected chi connectivity index (χ4v) is 3.09. The maximum Gasteiger partial charge on any atom is 0.333 e. The molecular formula is C22H26ClN3O3. The smallest absolute Gasteiger partial charge is 0.333 e. The van der Waals surface area contributed by atoms with Crippen molar-refractivity contribution in [1.82, 2.24) is 0 Å². The van der Waals surface area contributed by atoms with Gasteiger partial charge in [0.05, 0.1) is 13.7 Å². The Labute approximate surface area is 176 Å². The molecule has 1 atom stereocenters. The van der Waals surface area contributed by atoms with Crippen LogP contribution in [-0.4, -0.2) is 25.5 Å². The second-order valence-corrected chi connectivity index (χ2v) is 6.53. The second kappa shape index (κ2) is 10.5. The Morgan fingerprint density at radius 3 is 2.48 bits per heavy atom. The molecule has 0 spiro atoms. The molecule has 7 heteroatoms. The Kier molecular flexibility index (Phi) is 8.09. The number of carbonyl (C=O) groups is 1. The molecule has 0 aliphatic rings. The molecule has 4 N–H and O–H groups in total. The maximum absolute atomic E-state index is 12.7. The lowest BCUT2D eigenvalue weighted by molar-refractivity contribution is -0.141. The van der Waals surface area contributed by atoms with Gasteiger partial charge in [-0.25, -0.2) is 4.79 Å². The number of hydrogen-bond acceptors (Lipinski definition) is 5. The molecule has 0 aromatic heterocycles. The lowest BCUT2D eigenvalue weighted by Crippen LogP contribution is -2.24. The SMILES string of the molecule is CCOc1c(C=CCl)cc(CC)cc1C(Nc1ccc(C(=N)N)cc1)C(=O)OC. The molecule has 0 saturated heterocycles. The van der Waals surface area contributed by atoms with Gasteiger partial charge in [-0.05, 0) is 61.4 Å². The molecule has 0 fully saturated rings. The van der Waals surface area contributed by atoms with Crippen LogP contribution in [0.3, 0.4) is 0 Å². The monoisotopic (exact) mass is 415 g/mol. The fraction of sp³-hybridized carbons (Fsp3) is 0.273. The average Bonchev–Trinajstić information content (AvgIpc) is 2.73. The molecule has 1 unspecified atom stereocenters. The molecule has 29 heavy (non-hydrogen) atoms. The molecule has 0 bridgehead atoms. The third kappa shape index (κ3) is 5.51. The summed E-state index contributed by atoms with van der Waals surface area (Å²) in [5, 5.41) is 10.7. The Morgan fingerprint density at radius 1 is 1.28 bits per heavy atom. The van der Waals surface area contributed by atoms with Crippen LogP contribution in [0.25, 0.3) is 6.08 Å². The normalized spacial score (nSPS) is 11.9. The summed E-state index contributed by atoms with van der Waals surface area (Å²) in [6.07, 6.45) is 2.52. The first-order valence-corrected chi connectivity index (χ1v) is 9.73. The Bertz CT molecular complexity index is 895. The van der Waals surface area contributed by atoms with E-state index in [1.54, 1.807) is 30.3 Å². The number of ether oxygens (including phenoxy) is 2. The number of hydrogen-bond donors (Lipinski definition) is 3. The van der Waals surface area contributed by atoms with Crippen molar-refractivity contribution in [2.45, 2.75) is 26.3 Å². The number of nitrogens with two attached hydrogens (primary N) is 1. The van der Waals surface area contributed by atoms with Gasteiger partial charge in [-0.3, -0.25) is 5.41 Å². The van der Waals surface area contributed by atoms with Gasteiger partial charge in [-0.2, -0.15) is 0 Å². The number of amidine groups is 1. The molecule has 0 amide bonds. The van der Waals surface area contributed by atoms with Gasteiger partial charge in [0.1, 0.15) is 11.6 Å². The topological polar surface area (TPSA) is 97.4 Å². The molecule has 0 radical (unpaired) electrons. The first-order chi connectivity index (χ1) is 13.9. The predicted molar refractivity (Wildman–Crippen MR) is 118 cm³/mol. The van der Waals surface area contributed by atoms with Gasteiger partial charge in [-0.1, -0.05) is 18.5 Å². The highest BCUT2D eigenvalue weighted by molar-refractivity contribution is 6.27. The number of methoxy groups -OCH3 is 1. The number of rotatable bonds is 9. The number of benzene rings is 2. The van der Waals surface area contributed by atoms with Gasteiger partial charge >= 0.3 is 5.97 Å². The van der Waals surface area contributed by atoms with E-state index in [1.165, 1.54) is 12.6 Å². The van der Waals surface area contributed by atoms with E-state index in [1.807, 2.05) is 26.0 Å². The summed E-state index contributed by atoms with van der Waals surface area (Å²) in [5.41, 5.74) is 10.7. The van der Waals surface area contributed by atoms with E-state index in [9.17, 15) is 4.79 Å². The highest BCUT2D eigenvalue weighted by Gasteiger charge is 2.27. The molecule has 0 aliphatic heterocycles. The number of esters is 1. The quantitative estimate of drug-likeness (QED) is 0.319. The maximum atomic E-state index is 12.7. The molecule has 0 saturated carbocycles. The standard InChI is InChI=1S/C22H26ClN3O3/c1-4-14-12-16(10-11-23)20(29-5-2)18(13-14)19(22(27)28-3)26-17-8-6-15(7-9-17)21(24)25/h6-13,19,26H,4-5H2,1-3H3,(H3,24,25). The van der Waals surface area contributed by atoms with E-state index >= 15 is 0 Å². The Hall–Kier alpha value is -2.99. The number of halogens is 1. The Morgan fingerprint density at radius 2 is 1.97 bits per heavy atom. The first kappa shape index (κ1) is 22.3. The molecular weight excluding hydrogens is 390 g/mol. The van der Waals surface area contributed by atoms with Crippen molar-refractivity contribution >= 4 is 35.2 Å². The molecule has 2 aromatic carbocycles. The average molecular weight is 416 g/mol. The van der Waals surface area contributed by atoms with Gasteiger partial charge in [0.25, 0.3) is 0 Å². The van der Waals surface area contributed by atoms with Crippen LogP contribution < -0.4 is 15.8 Å². The summed E-state index contributed by atoms with van der Waals surface area (Å²) in [7, 11) is 1.35. The van der Waals surface area contributed by atoms with Gasteiger partial charge in [-0.15, -0.1) is 0 Å². The lowest BCUT2D eigenvalue weighted by Gasteiger charge is -2.23. The largest absolute Gasteiger partial charge is 0.493 e. The number of nitrogens with one attached hydrogen (secondary N) is 2. The van der Waals surface area contributed by atoms with E-state index in [4.69, 9.17) is 32.2 Å². The van der Waals surface area contributed by atoms with Crippen LogP contribution in [0.15, 0.2) is 41.9 Å². The van der Waals surface area contributed by atoms with Crippen molar-refractivity contribution in [2.75, 3.05) is 19.0 Å². The minimum atomic E-state index is -0.793. The summed E-state index contributed by atoms with van der Waals surface area (Å²) >= 11 is 5.82. The van der Waals surface area contributed by atoms with Crippen LogP contribution in [0, 0.1) is 5.41 Å². The minimum Gasteiger partial charge on any atom is -0.493 e. The van der Waals surface area contributed by atoms with Crippen molar-refractivity contribution < 1.29 is 14.3 Å². The van der Waals surface area contributed by atoms with E-state index in [0.717, 1.165) is 17.5 Å². The van der Waals surface area contributed by atoms with E-state index in [-0.39, 0.29) is 5.84 Å². The van der Waals surface area contributed by atoms with Gasteiger partial charge in [0.2, 0.25) is 0 Å². The highest BCUT2D eigenvalue weighted by Crippen LogP contribution is 2.35. The molecule has 0 aliphatic carbocycles. The van der Waals surface area contributed by atoms with E-state index < -0.39 is 12.0 Å². The highest BCUT2D eigenvalue weighted by atomic mass is 35.5. The third-order valence-electron chi connectivity index (χ3n) is 4.40. The number of aryl methyl sites for hydroxylation is 1. The summed E-state index contributed by atoms with van der Waals surface area (Å²) in [6.45, 7) is 4.35. The van der Waals surface area contributed by atoms with Crippen molar-refractivity contribution in [2.24, 2.45) is 5.73 Å². The Balaban J connectivity index is 2.57. The van der Waals surface area contributed by atoms with Crippen molar-refractivity contribution in [3.63, 3.8) is 0 Å². The molecule has 154 valence electrons. The van der Waals surface area contributed by atoms with Gasteiger partial charge in [0, 0.05) is 27.9 Å². The van der Waals surface area contributed by atoms with Crippen LogP contribution in [0.2, 0.25) is 0 Å². The predicted octanol–water partition coefficient (Wildman–Crippen LogP) is 4.47. The summed E-state index contributed by atoms with van der Waals surface area (Å²) in [6, 6.07) is 10.1. The minimum absolute atomic E-state index is 0.0205. The van der Waals surface area contributed by atoms with Crippen molar-refractivity contribution in [3.8, 4) is 5.75 Å². The second-order valence-electron chi connectivity index (χ2n) is 6.27. The fourth-order valence-electron chi connectivity index (χ4n) is 2.95. The summed E-state index contributed by atoms with van der Waals surface area (Å²) in [5.74, 6) is 0.105. The summed E-state index contributed by atoms with van der Waals surface area (Å²) in [4.78, 5) is 12.7. The number of carbonyl (C=O) groups excluding carboxylic acids is 1. The van der Waals surface area contributed by atoms with Crippen LogP contribution in [-0.2, 0) is 16.0 Å². The zero-order chi connectivity index (χ0) is 21.4. The zero-order valence-electron chi connectivity index (χ0n) is 16.8. The lowest BCUT2D eigenvalue weighted by atomic mass is 9.96. The van der Waals surface area contributed by atoms with Gasteiger partial charge < -0.3 is 20.5 Å².